The molecule has 3 rings (SSSR count). The van der Waals surface area contributed by atoms with E-state index < -0.39 is 0 Å². The summed E-state index contributed by atoms with van der Waals surface area (Å²) in [7, 11) is 0. The van der Waals surface area contributed by atoms with Gasteiger partial charge >= 0.3 is 0 Å². The van der Waals surface area contributed by atoms with Gasteiger partial charge in [-0.1, -0.05) is 30.3 Å². The summed E-state index contributed by atoms with van der Waals surface area (Å²) in [5.74, 6) is 0.558. The number of H-pyrrole nitrogens is 1. The van der Waals surface area contributed by atoms with E-state index in [0.717, 1.165) is 32.6 Å². The molecule has 1 aromatic heterocycles. The first-order valence-electron chi connectivity index (χ1n) is 7.99. The number of hydrogen-bond acceptors (Lipinski definition) is 2. The number of nitrogens with one attached hydrogen (secondary N) is 2. The first-order chi connectivity index (χ1) is 10.8. The van der Waals surface area contributed by atoms with Crippen molar-refractivity contribution in [1.29, 1.82) is 0 Å². The van der Waals surface area contributed by atoms with E-state index in [1.807, 2.05) is 6.07 Å². The van der Waals surface area contributed by atoms with E-state index >= 15 is 0 Å². The predicted molar refractivity (Wildman–Crippen MR) is 87.8 cm³/mol. The number of hydrogen-bond donors (Lipinski definition) is 2. The second kappa shape index (κ2) is 7.27. The lowest BCUT2D eigenvalue weighted by Crippen LogP contribution is -2.31. The third-order valence-corrected chi connectivity index (χ3v) is 4.32. The number of carbonyl (C=O) groups is 1. The monoisotopic (exact) mass is 297 g/mol. The Labute approximate surface area is 131 Å². The molecule has 2 aromatic rings. The minimum atomic E-state index is -0.00673. The van der Waals surface area contributed by atoms with Gasteiger partial charge < -0.3 is 15.2 Å². The lowest BCUT2D eigenvalue weighted by atomic mass is 10.1. The fourth-order valence-corrected chi connectivity index (χ4v) is 3.02. The average Bonchev–Trinajstić information content (AvgIpc) is 3.23. The quantitative estimate of drug-likeness (QED) is 0.859. The number of aromatic nitrogens is 1. The van der Waals surface area contributed by atoms with E-state index in [-0.39, 0.29) is 5.91 Å². The van der Waals surface area contributed by atoms with E-state index in [9.17, 15) is 4.79 Å². The van der Waals surface area contributed by atoms with Crippen LogP contribution >= 0.6 is 0 Å². The molecule has 0 saturated carbocycles. The molecule has 0 aliphatic carbocycles. The number of likely N-dealkylation sites (tertiary alicyclic amines) is 1. The first kappa shape index (κ1) is 14.9. The van der Waals surface area contributed by atoms with Crippen LogP contribution < -0.4 is 5.32 Å². The van der Waals surface area contributed by atoms with Crippen LogP contribution in [0, 0.1) is 5.92 Å². The van der Waals surface area contributed by atoms with Crippen LogP contribution in [-0.4, -0.2) is 42.0 Å². The molecule has 0 radical (unpaired) electrons. The Balaban J connectivity index is 1.38. The third-order valence-electron chi connectivity index (χ3n) is 4.32. The van der Waals surface area contributed by atoms with Crippen molar-refractivity contribution in [2.45, 2.75) is 12.8 Å². The van der Waals surface area contributed by atoms with Crippen molar-refractivity contribution in [3.05, 3.63) is 59.9 Å². The molecule has 116 valence electrons. The summed E-state index contributed by atoms with van der Waals surface area (Å²) in [5.41, 5.74) is 2.03. The molecule has 1 saturated heterocycles. The van der Waals surface area contributed by atoms with Crippen molar-refractivity contribution < 1.29 is 4.79 Å². The minimum absolute atomic E-state index is 0.00673. The van der Waals surface area contributed by atoms with Gasteiger partial charge in [-0.05, 0) is 43.0 Å². The second-order valence-corrected chi connectivity index (χ2v) is 5.98. The van der Waals surface area contributed by atoms with Crippen LogP contribution in [-0.2, 0) is 6.42 Å². The SMILES string of the molecule is O=C(NC[C@@H]1CCN(CCc2ccccc2)C1)c1ccc[nH]1. The molecule has 1 atom stereocenters. The van der Waals surface area contributed by atoms with Gasteiger partial charge in [0.25, 0.3) is 5.91 Å². The Kier molecular flexibility index (Phi) is 4.91. The summed E-state index contributed by atoms with van der Waals surface area (Å²) in [6.07, 6.45) is 4.04. The standard InChI is InChI=1S/C18H23N3O/c22-18(17-7-4-10-19-17)20-13-16-9-12-21(14-16)11-8-15-5-2-1-3-6-15/h1-7,10,16,19H,8-9,11-14H2,(H,20,22)/t16-/m0/s1. The van der Waals surface area contributed by atoms with Crippen molar-refractivity contribution >= 4 is 5.91 Å². The Morgan fingerprint density at radius 3 is 2.86 bits per heavy atom. The zero-order chi connectivity index (χ0) is 15.2. The number of amides is 1. The normalized spacial score (nSPS) is 18.5. The van der Waals surface area contributed by atoms with Gasteiger partial charge in [-0.25, -0.2) is 0 Å². The maximum Gasteiger partial charge on any atom is 0.267 e. The molecular formula is C18H23N3O. The van der Waals surface area contributed by atoms with Gasteiger partial charge in [0, 0.05) is 25.8 Å². The van der Waals surface area contributed by atoms with Gasteiger partial charge in [-0.15, -0.1) is 0 Å². The minimum Gasteiger partial charge on any atom is -0.357 e. The molecule has 1 aliphatic heterocycles. The molecular weight excluding hydrogens is 274 g/mol. The molecule has 2 heterocycles. The number of aromatic amines is 1. The highest BCUT2D eigenvalue weighted by Crippen LogP contribution is 2.16. The van der Waals surface area contributed by atoms with Crippen LogP contribution in [0.5, 0.6) is 0 Å². The summed E-state index contributed by atoms with van der Waals surface area (Å²) in [6.45, 7) is 4.08. The molecule has 2 N–H and O–H groups in total. The van der Waals surface area contributed by atoms with Crippen LogP contribution in [0.1, 0.15) is 22.5 Å². The maximum atomic E-state index is 11.9. The van der Waals surface area contributed by atoms with E-state index in [1.165, 1.54) is 12.0 Å². The maximum absolute atomic E-state index is 11.9. The Morgan fingerprint density at radius 1 is 1.23 bits per heavy atom. The van der Waals surface area contributed by atoms with Gasteiger partial charge in [0.05, 0.1) is 0 Å². The number of rotatable bonds is 6. The molecule has 0 unspecified atom stereocenters. The number of nitrogens with zero attached hydrogens (tertiary/aromatic N) is 1. The third kappa shape index (κ3) is 3.98. The Hall–Kier alpha value is -2.07. The molecule has 1 aliphatic rings. The zero-order valence-corrected chi connectivity index (χ0v) is 12.8. The highest BCUT2D eigenvalue weighted by Gasteiger charge is 2.22. The molecule has 0 spiro atoms. The lowest BCUT2D eigenvalue weighted by molar-refractivity contribution is 0.0943. The zero-order valence-electron chi connectivity index (χ0n) is 12.8. The summed E-state index contributed by atoms with van der Waals surface area (Å²) in [4.78, 5) is 17.3. The van der Waals surface area contributed by atoms with Crippen LogP contribution in [0.2, 0.25) is 0 Å². The molecule has 0 bridgehead atoms. The van der Waals surface area contributed by atoms with Crippen molar-refractivity contribution in [3.8, 4) is 0 Å². The molecule has 1 fully saturated rings. The van der Waals surface area contributed by atoms with Crippen LogP contribution in [0.4, 0.5) is 0 Å². The molecule has 1 amide bonds. The van der Waals surface area contributed by atoms with Crippen molar-refractivity contribution in [2.75, 3.05) is 26.2 Å². The predicted octanol–water partition coefficient (Wildman–Crippen LogP) is 2.31. The highest BCUT2D eigenvalue weighted by molar-refractivity contribution is 5.92. The average molecular weight is 297 g/mol. The summed E-state index contributed by atoms with van der Waals surface area (Å²) in [6, 6.07) is 14.3. The van der Waals surface area contributed by atoms with E-state index in [4.69, 9.17) is 0 Å². The van der Waals surface area contributed by atoms with Gasteiger partial charge in [0.2, 0.25) is 0 Å². The fourth-order valence-electron chi connectivity index (χ4n) is 3.02. The van der Waals surface area contributed by atoms with Crippen molar-refractivity contribution in [1.82, 2.24) is 15.2 Å². The Morgan fingerprint density at radius 2 is 2.09 bits per heavy atom. The topological polar surface area (TPSA) is 48.1 Å². The molecule has 4 heteroatoms. The van der Waals surface area contributed by atoms with E-state index in [2.05, 4.69) is 45.5 Å². The summed E-state index contributed by atoms with van der Waals surface area (Å²) < 4.78 is 0. The largest absolute Gasteiger partial charge is 0.357 e. The lowest BCUT2D eigenvalue weighted by Gasteiger charge is -2.16. The van der Waals surface area contributed by atoms with Crippen molar-refractivity contribution in [2.24, 2.45) is 5.92 Å². The van der Waals surface area contributed by atoms with Gasteiger partial charge in [-0.2, -0.15) is 0 Å². The molecule has 4 nitrogen and oxygen atoms in total. The van der Waals surface area contributed by atoms with Gasteiger partial charge in [-0.3, -0.25) is 4.79 Å². The van der Waals surface area contributed by atoms with Gasteiger partial charge in [0.1, 0.15) is 5.69 Å². The summed E-state index contributed by atoms with van der Waals surface area (Å²) in [5, 5.41) is 3.02. The van der Waals surface area contributed by atoms with Crippen molar-refractivity contribution in [3.63, 3.8) is 0 Å². The Bertz CT molecular complexity index is 580. The summed E-state index contributed by atoms with van der Waals surface area (Å²) >= 11 is 0. The van der Waals surface area contributed by atoms with E-state index in [0.29, 0.717) is 11.6 Å². The van der Waals surface area contributed by atoms with Crippen LogP contribution in [0.3, 0.4) is 0 Å². The second-order valence-electron chi connectivity index (χ2n) is 5.98. The number of carbonyl (C=O) groups excluding carboxylic acids is 1. The van der Waals surface area contributed by atoms with Crippen LogP contribution in [0.15, 0.2) is 48.7 Å². The molecule has 1 aromatic carbocycles. The van der Waals surface area contributed by atoms with E-state index in [1.54, 1.807) is 12.3 Å². The number of benzene rings is 1. The van der Waals surface area contributed by atoms with Gasteiger partial charge in [0.15, 0.2) is 0 Å². The highest BCUT2D eigenvalue weighted by atomic mass is 16.1. The molecule has 22 heavy (non-hydrogen) atoms. The first-order valence-corrected chi connectivity index (χ1v) is 7.99. The fraction of sp³-hybridized carbons (Fsp3) is 0.389. The smallest absolute Gasteiger partial charge is 0.267 e. The van der Waals surface area contributed by atoms with Crippen LogP contribution in [0.25, 0.3) is 0 Å².